The summed E-state index contributed by atoms with van der Waals surface area (Å²) in [5, 5.41) is 22.5. The molecule has 0 aliphatic carbocycles. The summed E-state index contributed by atoms with van der Waals surface area (Å²) in [7, 11) is 0. The number of carbonyl (C=O) groups is 3. The van der Waals surface area contributed by atoms with Crippen LogP contribution in [-0.2, 0) is 9.53 Å². The van der Waals surface area contributed by atoms with Crippen LogP contribution in [0, 0.1) is 5.92 Å². The predicted octanol–water partition coefficient (Wildman–Crippen LogP) is 1.17. The lowest BCUT2D eigenvalue weighted by molar-refractivity contribution is -0.294. The van der Waals surface area contributed by atoms with Gasteiger partial charge in [-0.3, -0.25) is 4.79 Å². The van der Waals surface area contributed by atoms with Crippen molar-refractivity contribution in [3.05, 3.63) is 35.4 Å². The molecule has 0 saturated carbocycles. The summed E-state index contributed by atoms with van der Waals surface area (Å²) in [5.41, 5.74) is -4.02. The van der Waals surface area contributed by atoms with Crippen molar-refractivity contribution in [3.8, 4) is 0 Å². The molecule has 2 rings (SSSR count). The minimum absolute atomic E-state index is 0.00872. The first-order valence-corrected chi connectivity index (χ1v) is 7.39. The average Bonchev–Trinajstić information content (AvgIpc) is 2.53. The molecule has 1 aliphatic heterocycles. The highest BCUT2D eigenvalue weighted by molar-refractivity contribution is 5.88. The molecule has 1 fully saturated rings. The number of rotatable bonds is 4. The fraction of sp³-hybridized carbons (Fsp3) is 0.400. The van der Waals surface area contributed by atoms with Gasteiger partial charge in [0, 0.05) is 0 Å². The molecule has 26 heavy (non-hydrogen) atoms. The number of alkyl halides is 3. The molecule has 1 saturated heterocycles. The molecule has 0 bridgehead atoms. The fourth-order valence-corrected chi connectivity index (χ4v) is 2.65. The molecule has 1 aromatic rings. The van der Waals surface area contributed by atoms with E-state index in [9.17, 15) is 32.7 Å². The van der Waals surface area contributed by atoms with E-state index < -0.39 is 41.8 Å². The third-order valence-electron chi connectivity index (χ3n) is 3.86. The number of ether oxygens (including phenoxy) is 1. The van der Waals surface area contributed by atoms with Crippen molar-refractivity contribution < 1.29 is 42.5 Å². The maximum absolute atomic E-state index is 13.4. The number of benzene rings is 1. The van der Waals surface area contributed by atoms with Crippen LogP contribution >= 0.6 is 0 Å². The molecule has 1 aliphatic rings. The van der Waals surface area contributed by atoms with Crippen molar-refractivity contribution >= 4 is 18.0 Å². The SMILES string of the molecule is CCOC(=O)[C@H]1[C@H](c2ccc(C(=O)O)cc2)NC(=O)N[C@@]1(O)C(F)(F)F. The van der Waals surface area contributed by atoms with Gasteiger partial charge >= 0.3 is 24.1 Å². The molecule has 2 amide bonds. The van der Waals surface area contributed by atoms with E-state index in [4.69, 9.17) is 5.11 Å². The highest BCUT2D eigenvalue weighted by atomic mass is 19.4. The molecular formula is C15H15F3N2O6. The van der Waals surface area contributed by atoms with Crippen molar-refractivity contribution in [2.45, 2.75) is 24.9 Å². The monoisotopic (exact) mass is 376 g/mol. The molecule has 142 valence electrons. The number of amides is 2. The van der Waals surface area contributed by atoms with Crippen LogP contribution in [0.4, 0.5) is 18.0 Å². The normalized spacial score (nSPS) is 25.8. The Hall–Kier alpha value is -2.82. The molecule has 11 heteroatoms. The Balaban J connectivity index is 2.54. The molecular weight excluding hydrogens is 361 g/mol. The Morgan fingerprint density at radius 3 is 2.31 bits per heavy atom. The van der Waals surface area contributed by atoms with Crippen LogP contribution in [0.3, 0.4) is 0 Å². The highest BCUT2D eigenvalue weighted by Gasteiger charge is 2.67. The third-order valence-corrected chi connectivity index (χ3v) is 3.86. The van der Waals surface area contributed by atoms with Crippen molar-refractivity contribution in [1.82, 2.24) is 10.6 Å². The summed E-state index contributed by atoms with van der Waals surface area (Å²) in [6.07, 6.45) is -5.37. The van der Waals surface area contributed by atoms with Crippen LogP contribution in [0.2, 0.25) is 0 Å². The zero-order chi connectivity index (χ0) is 19.7. The van der Waals surface area contributed by atoms with Gasteiger partial charge in [0.1, 0.15) is 5.92 Å². The Kier molecular flexibility index (Phi) is 5.12. The van der Waals surface area contributed by atoms with Crippen molar-refractivity contribution in [2.75, 3.05) is 6.61 Å². The van der Waals surface area contributed by atoms with Crippen molar-refractivity contribution in [1.29, 1.82) is 0 Å². The predicted molar refractivity (Wildman–Crippen MR) is 78.9 cm³/mol. The number of nitrogens with one attached hydrogen (secondary N) is 2. The molecule has 0 unspecified atom stereocenters. The van der Waals surface area contributed by atoms with E-state index in [0.717, 1.165) is 24.3 Å². The van der Waals surface area contributed by atoms with Crippen LogP contribution in [-0.4, -0.2) is 46.7 Å². The van der Waals surface area contributed by atoms with Gasteiger partial charge in [-0.1, -0.05) is 12.1 Å². The number of hydrogen-bond donors (Lipinski definition) is 4. The lowest BCUT2D eigenvalue weighted by Crippen LogP contribution is -2.73. The Bertz CT molecular complexity index is 721. The topological polar surface area (TPSA) is 125 Å². The summed E-state index contributed by atoms with van der Waals surface area (Å²) in [4.78, 5) is 34.7. The second kappa shape index (κ2) is 6.83. The number of hydrogen-bond acceptors (Lipinski definition) is 5. The van der Waals surface area contributed by atoms with Gasteiger partial charge in [-0.05, 0) is 24.6 Å². The van der Waals surface area contributed by atoms with Gasteiger partial charge in [0.05, 0.1) is 18.2 Å². The van der Waals surface area contributed by atoms with E-state index in [1.807, 2.05) is 0 Å². The zero-order valence-electron chi connectivity index (χ0n) is 13.3. The molecule has 0 aromatic heterocycles. The number of urea groups is 1. The first-order chi connectivity index (χ1) is 12.0. The largest absolute Gasteiger partial charge is 0.478 e. The highest BCUT2D eigenvalue weighted by Crippen LogP contribution is 2.43. The summed E-state index contributed by atoms with van der Waals surface area (Å²) in [6, 6.07) is 1.53. The number of halogens is 3. The number of aliphatic hydroxyl groups is 1. The van der Waals surface area contributed by atoms with E-state index in [1.165, 1.54) is 12.2 Å². The Labute approximate surface area is 144 Å². The molecule has 0 radical (unpaired) electrons. The van der Waals surface area contributed by atoms with Crippen LogP contribution in [0.15, 0.2) is 24.3 Å². The van der Waals surface area contributed by atoms with Crippen molar-refractivity contribution in [3.63, 3.8) is 0 Å². The van der Waals surface area contributed by atoms with Gasteiger partial charge in [-0.25, -0.2) is 9.59 Å². The quantitative estimate of drug-likeness (QED) is 0.585. The van der Waals surface area contributed by atoms with E-state index in [-0.39, 0.29) is 17.7 Å². The second-order valence-corrected chi connectivity index (χ2v) is 5.50. The number of carboxylic acids is 1. The van der Waals surface area contributed by atoms with E-state index in [1.54, 1.807) is 0 Å². The minimum atomic E-state index is -5.37. The molecule has 4 N–H and O–H groups in total. The van der Waals surface area contributed by atoms with Gasteiger partial charge < -0.3 is 25.6 Å². The molecule has 3 atom stereocenters. The van der Waals surface area contributed by atoms with Gasteiger partial charge in [0.25, 0.3) is 5.72 Å². The van der Waals surface area contributed by atoms with Crippen LogP contribution in [0.25, 0.3) is 0 Å². The first kappa shape index (κ1) is 19.5. The summed E-state index contributed by atoms with van der Waals surface area (Å²) >= 11 is 0. The van der Waals surface area contributed by atoms with E-state index in [0.29, 0.717) is 0 Å². The van der Waals surface area contributed by atoms with Gasteiger partial charge in [0.2, 0.25) is 0 Å². The molecule has 0 spiro atoms. The summed E-state index contributed by atoms with van der Waals surface area (Å²) in [5.74, 6) is -4.90. The van der Waals surface area contributed by atoms with Gasteiger partial charge in [0.15, 0.2) is 0 Å². The zero-order valence-corrected chi connectivity index (χ0v) is 13.3. The lowest BCUT2D eigenvalue weighted by atomic mass is 9.82. The lowest BCUT2D eigenvalue weighted by Gasteiger charge is -2.44. The Morgan fingerprint density at radius 2 is 1.85 bits per heavy atom. The minimum Gasteiger partial charge on any atom is -0.478 e. The maximum Gasteiger partial charge on any atom is 0.437 e. The first-order valence-electron chi connectivity index (χ1n) is 7.39. The van der Waals surface area contributed by atoms with Crippen molar-refractivity contribution in [2.24, 2.45) is 5.92 Å². The van der Waals surface area contributed by atoms with Crippen LogP contribution < -0.4 is 10.6 Å². The number of esters is 1. The molecule has 1 heterocycles. The fourth-order valence-electron chi connectivity index (χ4n) is 2.65. The number of aromatic carboxylic acids is 1. The molecule has 8 nitrogen and oxygen atoms in total. The van der Waals surface area contributed by atoms with E-state index in [2.05, 4.69) is 10.1 Å². The van der Waals surface area contributed by atoms with Crippen LogP contribution in [0.1, 0.15) is 28.9 Å². The average molecular weight is 376 g/mol. The summed E-state index contributed by atoms with van der Waals surface area (Å²) in [6.45, 7) is 1.12. The number of carbonyl (C=O) groups excluding carboxylic acids is 2. The van der Waals surface area contributed by atoms with Gasteiger partial charge in [-0.15, -0.1) is 0 Å². The molecule has 1 aromatic carbocycles. The van der Waals surface area contributed by atoms with E-state index >= 15 is 0 Å². The maximum atomic E-state index is 13.4. The second-order valence-electron chi connectivity index (χ2n) is 5.50. The smallest absolute Gasteiger partial charge is 0.437 e. The van der Waals surface area contributed by atoms with Gasteiger partial charge in [-0.2, -0.15) is 13.2 Å². The Morgan fingerprint density at radius 1 is 1.27 bits per heavy atom. The third kappa shape index (κ3) is 3.43. The summed E-state index contributed by atoms with van der Waals surface area (Å²) < 4.78 is 44.9. The van der Waals surface area contributed by atoms with Crippen LogP contribution in [0.5, 0.6) is 0 Å². The number of carboxylic acid groups (broad SMARTS) is 1. The standard InChI is InChI=1S/C15H15F3N2O6/c1-2-26-12(23)9-10(7-3-5-8(6-4-7)11(21)22)19-13(24)20-14(9,25)15(16,17)18/h3-6,9-10,25H,2H2,1H3,(H,21,22)(H2,19,20,24)/t9-,10+,14+/m1/s1.